The molecule has 152 valence electrons. The molecule has 0 spiro atoms. The Bertz CT molecular complexity index is 897. The predicted octanol–water partition coefficient (Wildman–Crippen LogP) is 2.35. The van der Waals surface area contributed by atoms with Gasteiger partial charge < -0.3 is 14.8 Å². The van der Waals surface area contributed by atoms with Crippen molar-refractivity contribution in [2.75, 3.05) is 30.8 Å². The molecule has 0 radical (unpaired) electrons. The lowest BCUT2D eigenvalue weighted by molar-refractivity contribution is -0.121. The SMILES string of the molecule is COc1ccc(N(C(C)C(=O)NCCOc2cccc(C)c2)S(C)(=O)=O)cc1. The highest BCUT2D eigenvalue weighted by Crippen LogP contribution is 2.23. The van der Waals surface area contributed by atoms with Gasteiger partial charge in [-0.25, -0.2) is 8.42 Å². The van der Waals surface area contributed by atoms with Gasteiger partial charge in [-0.2, -0.15) is 0 Å². The summed E-state index contributed by atoms with van der Waals surface area (Å²) in [5.41, 5.74) is 1.47. The second-order valence-electron chi connectivity index (χ2n) is 6.39. The van der Waals surface area contributed by atoms with Gasteiger partial charge in [0.2, 0.25) is 15.9 Å². The zero-order valence-corrected chi connectivity index (χ0v) is 17.3. The number of aryl methyl sites for hydroxylation is 1. The first kappa shape index (κ1) is 21.6. The average molecular weight is 407 g/mol. The molecule has 0 aliphatic rings. The quantitative estimate of drug-likeness (QED) is 0.646. The molecule has 7 nitrogen and oxygen atoms in total. The Hall–Kier alpha value is -2.74. The second-order valence-corrected chi connectivity index (χ2v) is 8.25. The number of benzene rings is 2. The standard InChI is InChI=1S/C20H26N2O5S/c1-15-6-5-7-19(14-15)27-13-12-21-20(23)16(2)22(28(4,24)25)17-8-10-18(26-3)11-9-17/h5-11,14,16H,12-13H2,1-4H3,(H,21,23). The topological polar surface area (TPSA) is 84.9 Å². The number of nitrogens with one attached hydrogen (secondary N) is 1. The molecule has 28 heavy (non-hydrogen) atoms. The molecule has 0 aliphatic heterocycles. The molecule has 1 amide bonds. The van der Waals surface area contributed by atoms with E-state index < -0.39 is 22.0 Å². The Morgan fingerprint density at radius 2 is 1.82 bits per heavy atom. The number of ether oxygens (including phenoxy) is 2. The zero-order valence-electron chi connectivity index (χ0n) is 16.5. The van der Waals surface area contributed by atoms with E-state index >= 15 is 0 Å². The van der Waals surface area contributed by atoms with Gasteiger partial charge in [-0.05, 0) is 55.8 Å². The van der Waals surface area contributed by atoms with E-state index in [1.165, 1.54) is 7.11 Å². The van der Waals surface area contributed by atoms with E-state index in [9.17, 15) is 13.2 Å². The molecule has 1 N–H and O–H groups in total. The summed E-state index contributed by atoms with van der Waals surface area (Å²) in [5, 5.41) is 2.72. The average Bonchev–Trinajstić information content (AvgIpc) is 2.64. The molecular weight excluding hydrogens is 380 g/mol. The lowest BCUT2D eigenvalue weighted by atomic mass is 10.2. The third-order valence-electron chi connectivity index (χ3n) is 4.07. The van der Waals surface area contributed by atoms with Crippen LogP contribution in [-0.4, -0.2) is 46.9 Å². The predicted molar refractivity (Wildman–Crippen MR) is 109 cm³/mol. The van der Waals surface area contributed by atoms with Crippen LogP contribution in [-0.2, 0) is 14.8 Å². The first-order valence-corrected chi connectivity index (χ1v) is 10.7. The maximum absolute atomic E-state index is 12.5. The van der Waals surface area contributed by atoms with E-state index in [0.717, 1.165) is 21.9 Å². The number of anilines is 1. The van der Waals surface area contributed by atoms with Crippen molar-refractivity contribution in [3.63, 3.8) is 0 Å². The minimum Gasteiger partial charge on any atom is -0.497 e. The van der Waals surface area contributed by atoms with Crippen molar-refractivity contribution in [2.24, 2.45) is 0 Å². The fourth-order valence-corrected chi connectivity index (χ4v) is 3.91. The van der Waals surface area contributed by atoms with Gasteiger partial charge >= 0.3 is 0 Å². The van der Waals surface area contributed by atoms with Crippen molar-refractivity contribution >= 4 is 21.6 Å². The van der Waals surface area contributed by atoms with Crippen molar-refractivity contribution in [3.05, 3.63) is 54.1 Å². The van der Waals surface area contributed by atoms with Crippen molar-refractivity contribution < 1.29 is 22.7 Å². The van der Waals surface area contributed by atoms with Crippen LogP contribution in [0, 0.1) is 6.92 Å². The Labute approximate surface area is 166 Å². The van der Waals surface area contributed by atoms with E-state index in [2.05, 4.69) is 5.32 Å². The van der Waals surface area contributed by atoms with Crippen LogP contribution in [0.1, 0.15) is 12.5 Å². The van der Waals surface area contributed by atoms with Crippen molar-refractivity contribution in [1.29, 1.82) is 0 Å². The van der Waals surface area contributed by atoms with Crippen LogP contribution in [0.15, 0.2) is 48.5 Å². The first-order chi connectivity index (χ1) is 13.2. The Morgan fingerprint density at radius 1 is 1.14 bits per heavy atom. The fourth-order valence-electron chi connectivity index (χ4n) is 2.73. The van der Waals surface area contributed by atoms with Gasteiger partial charge in [0.25, 0.3) is 0 Å². The largest absolute Gasteiger partial charge is 0.497 e. The summed E-state index contributed by atoms with van der Waals surface area (Å²) < 4.78 is 36.3. The number of amides is 1. The number of methoxy groups -OCH3 is 1. The van der Waals surface area contributed by atoms with Crippen LogP contribution in [0.3, 0.4) is 0 Å². The summed E-state index contributed by atoms with van der Waals surface area (Å²) in [5.74, 6) is 0.912. The van der Waals surface area contributed by atoms with Gasteiger partial charge in [0.05, 0.1) is 25.6 Å². The maximum atomic E-state index is 12.5. The van der Waals surface area contributed by atoms with Crippen molar-refractivity contribution in [3.8, 4) is 11.5 Å². The van der Waals surface area contributed by atoms with Crippen LogP contribution in [0.25, 0.3) is 0 Å². The van der Waals surface area contributed by atoms with E-state index in [4.69, 9.17) is 9.47 Å². The molecule has 2 aromatic rings. The molecule has 0 aliphatic carbocycles. The second kappa shape index (κ2) is 9.45. The number of sulfonamides is 1. The molecule has 0 saturated carbocycles. The molecule has 0 fully saturated rings. The number of hydrogen-bond acceptors (Lipinski definition) is 5. The molecule has 0 bridgehead atoms. The highest BCUT2D eigenvalue weighted by atomic mass is 32.2. The third kappa shape index (κ3) is 5.88. The Morgan fingerprint density at radius 3 is 2.39 bits per heavy atom. The summed E-state index contributed by atoms with van der Waals surface area (Å²) >= 11 is 0. The first-order valence-electron chi connectivity index (χ1n) is 8.83. The van der Waals surface area contributed by atoms with Gasteiger partial charge in [-0.15, -0.1) is 0 Å². The van der Waals surface area contributed by atoms with Crippen LogP contribution < -0.4 is 19.1 Å². The van der Waals surface area contributed by atoms with Crippen molar-refractivity contribution in [1.82, 2.24) is 5.32 Å². The third-order valence-corrected chi connectivity index (χ3v) is 5.32. The Kier molecular flexibility index (Phi) is 7.28. The van der Waals surface area contributed by atoms with Crippen molar-refractivity contribution in [2.45, 2.75) is 19.9 Å². The van der Waals surface area contributed by atoms with Gasteiger partial charge in [-0.1, -0.05) is 12.1 Å². The minimum atomic E-state index is -3.66. The Balaban J connectivity index is 1.99. The summed E-state index contributed by atoms with van der Waals surface area (Å²) in [7, 11) is -2.13. The molecule has 0 aromatic heterocycles. The van der Waals surface area contributed by atoms with E-state index in [-0.39, 0.29) is 13.2 Å². The number of hydrogen-bond donors (Lipinski definition) is 1. The van der Waals surface area contributed by atoms with E-state index in [1.54, 1.807) is 31.2 Å². The van der Waals surface area contributed by atoms with Crippen LogP contribution >= 0.6 is 0 Å². The van der Waals surface area contributed by atoms with E-state index in [0.29, 0.717) is 11.4 Å². The summed E-state index contributed by atoms with van der Waals surface area (Å²) in [4.78, 5) is 12.5. The monoisotopic (exact) mass is 406 g/mol. The maximum Gasteiger partial charge on any atom is 0.243 e. The molecule has 8 heteroatoms. The number of rotatable bonds is 9. The van der Waals surface area contributed by atoms with Gasteiger partial charge in [-0.3, -0.25) is 9.10 Å². The number of carbonyl (C=O) groups excluding carboxylic acids is 1. The van der Waals surface area contributed by atoms with Crippen LogP contribution in [0.2, 0.25) is 0 Å². The molecule has 1 unspecified atom stereocenters. The van der Waals surface area contributed by atoms with Crippen LogP contribution in [0.5, 0.6) is 11.5 Å². The highest BCUT2D eigenvalue weighted by molar-refractivity contribution is 7.92. The van der Waals surface area contributed by atoms with Gasteiger partial charge in [0, 0.05) is 0 Å². The molecule has 2 rings (SSSR count). The fraction of sp³-hybridized carbons (Fsp3) is 0.350. The van der Waals surface area contributed by atoms with Gasteiger partial charge in [0.1, 0.15) is 24.1 Å². The van der Waals surface area contributed by atoms with E-state index in [1.807, 2.05) is 31.2 Å². The molecule has 0 saturated heterocycles. The molecule has 1 atom stereocenters. The van der Waals surface area contributed by atoms with Crippen LogP contribution in [0.4, 0.5) is 5.69 Å². The normalized spacial score (nSPS) is 12.1. The van der Waals surface area contributed by atoms with Gasteiger partial charge in [0.15, 0.2) is 0 Å². The summed E-state index contributed by atoms with van der Waals surface area (Å²) in [6.45, 7) is 4.05. The highest BCUT2D eigenvalue weighted by Gasteiger charge is 2.28. The smallest absolute Gasteiger partial charge is 0.243 e. The number of nitrogens with zero attached hydrogens (tertiary/aromatic N) is 1. The molecule has 2 aromatic carbocycles. The lowest BCUT2D eigenvalue weighted by Crippen LogP contribution is -2.48. The number of carbonyl (C=O) groups is 1. The summed E-state index contributed by atoms with van der Waals surface area (Å²) in [6.07, 6.45) is 1.07. The summed E-state index contributed by atoms with van der Waals surface area (Å²) in [6, 6.07) is 13.2. The lowest BCUT2D eigenvalue weighted by Gasteiger charge is -2.28. The molecular formula is C20H26N2O5S. The molecule has 0 heterocycles. The minimum absolute atomic E-state index is 0.261. The zero-order chi connectivity index (χ0) is 20.7.